The van der Waals surface area contributed by atoms with Crippen molar-refractivity contribution in [1.29, 1.82) is 0 Å². The highest BCUT2D eigenvalue weighted by Crippen LogP contribution is 2.23. The average Bonchev–Trinajstić information content (AvgIpc) is 2.64. The summed E-state index contributed by atoms with van der Waals surface area (Å²) < 4.78 is 23.6. The Morgan fingerprint density at radius 3 is 2.57 bits per heavy atom. The predicted octanol–water partition coefficient (Wildman–Crippen LogP) is 1.51. The van der Waals surface area contributed by atoms with Crippen LogP contribution in [-0.2, 0) is 21.2 Å². The van der Waals surface area contributed by atoms with Crippen molar-refractivity contribution in [2.45, 2.75) is 38.5 Å². The van der Waals surface area contributed by atoms with Crippen molar-refractivity contribution in [2.24, 2.45) is 4.99 Å². The molecule has 1 aromatic carbocycles. The molecule has 0 aromatic heterocycles. The molecule has 0 radical (unpaired) electrons. The van der Waals surface area contributed by atoms with E-state index in [9.17, 15) is 13.2 Å². The molecule has 0 unspecified atom stereocenters. The van der Waals surface area contributed by atoms with Gasteiger partial charge in [-0.2, -0.15) is 0 Å². The molecule has 8 heteroatoms. The van der Waals surface area contributed by atoms with E-state index in [4.69, 9.17) is 0 Å². The van der Waals surface area contributed by atoms with E-state index in [1.54, 1.807) is 25.8 Å². The van der Waals surface area contributed by atoms with E-state index in [0.29, 0.717) is 45.1 Å². The molecule has 156 valence electrons. The summed E-state index contributed by atoms with van der Waals surface area (Å²) in [6.45, 7) is 7.90. The molecule has 1 aromatic rings. The summed E-state index contributed by atoms with van der Waals surface area (Å²) in [7, 11) is -1.31. The summed E-state index contributed by atoms with van der Waals surface area (Å²) in [6, 6.07) is 9.87. The number of carbonyl (C=O) groups excluding carboxylic acids is 1. The number of hydrogen-bond acceptors (Lipinski definition) is 4. The van der Waals surface area contributed by atoms with Crippen LogP contribution in [0.15, 0.2) is 35.3 Å². The van der Waals surface area contributed by atoms with Gasteiger partial charge in [0.05, 0.1) is 17.0 Å². The van der Waals surface area contributed by atoms with Gasteiger partial charge in [-0.3, -0.25) is 9.79 Å². The van der Waals surface area contributed by atoms with Gasteiger partial charge in [0.1, 0.15) is 0 Å². The third-order valence-electron chi connectivity index (χ3n) is 4.95. The second-order valence-electron chi connectivity index (χ2n) is 7.72. The minimum absolute atomic E-state index is 0.0324. The standard InChI is InChI=1S/C20H32N4O3S/c1-5-21-19(24-13-14-28(26,27)20(2,3)16-24)22-12-11-18(25)23(4)15-17-9-7-6-8-10-17/h6-10H,5,11-16H2,1-4H3,(H,21,22). The highest BCUT2D eigenvalue weighted by molar-refractivity contribution is 7.92. The Bertz CT molecular complexity index is 791. The molecular formula is C20H32N4O3S. The zero-order valence-corrected chi connectivity index (χ0v) is 18.1. The van der Waals surface area contributed by atoms with Crippen molar-refractivity contribution >= 4 is 21.7 Å². The maximum Gasteiger partial charge on any atom is 0.224 e. The lowest BCUT2D eigenvalue weighted by molar-refractivity contribution is -0.130. The molecular weight excluding hydrogens is 376 g/mol. The molecule has 0 bridgehead atoms. The molecule has 2 rings (SSSR count). The largest absolute Gasteiger partial charge is 0.357 e. The fourth-order valence-electron chi connectivity index (χ4n) is 3.14. The van der Waals surface area contributed by atoms with Crippen LogP contribution in [0.25, 0.3) is 0 Å². The number of sulfone groups is 1. The van der Waals surface area contributed by atoms with Crippen LogP contribution in [0.4, 0.5) is 0 Å². The van der Waals surface area contributed by atoms with Crippen LogP contribution in [0.5, 0.6) is 0 Å². The minimum Gasteiger partial charge on any atom is -0.357 e. The Balaban J connectivity index is 1.94. The summed E-state index contributed by atoms with van der Waals surface area (Å²) in [4.78, 5) is 20.6. The number of nitrogens with zero attached hydrogens (tertiary/aromatic N) is 3. The third kappa shape index (κ3) is 5.70. The van der Waals surface area contributed by atoms with Crippen LogP contribution in [-0.4, -0.2) is 73.8 Å². The molecule has 1 amide bonds. The monoisotopic (exact) mass is 408 g/mol. The van der Waals surface area contributed by atoms with E-state index < -0.39 is 14.6 Å². The molecule has 1 fully saturated rings. The van der Waals surface area contributed by atoms with E-state index >= 15 is 0 Å². The first-order valence-electron chi connectivity index (χ1n) is 9.70. The van der Waals surface area contributed by atoms with Crippen molar-refractivity contribution in [3.05, 3.63) is 35.9 Å². The molecule has 1 saturated heterocycles. The topological polar surface area (TPSA) is 82.1 Å². The first kappa shape index (κ1) is 22.2. The first-order valence-corrected chi connectivity index (χ1v) is 11.3. The molecule has 28 heavy (non-hydrogen) atoms. The van der Waals surface area contributed by atoms with Crippen LogP contribution in [0, 0.1) is 0 Å². The van der Waals surface area contributed by atoms with Crippen LogP contribution >= 0.6 is 0 Å². The van der Waals surface area contributed by atoms with Crippen LogP contribution in [0.3, 0.4) is 0 Å². The van der Waals surface area contributed by atoms with Crippen LogP contribution < -0.4 is 5.32 Å². The van der Waals surface area contributed by atoms with Gasteiger partial charge in [0.25, 0.3) is 0 Å². The Morgan fingerprint density at radius 2 is 1.96 bits per heavy atom. The number of nitrogens with one attached hydrogen (secondary N) is 1. The number of carbonyl (C=O) groups is 1. The number of guanidine groups is 1. The van der Waals surface area contributed by atoms with Gasteiger partial charge in [-0.25, -0.2) is 8.42 Å². The highest BCUT2D eigenvalue weighted by atomic mass is 32.2. The zero-order valence-electron chi connectivity index (χ0n) is 17.3. The van der Waals surface area contributed by atoms with E-state index in [-0.39, 0.29) is 11.7 Å². The van der Waals surface area contributed by atoms with Gasteiger partial charge in [0.15, 0.2) is 15.8 Å². The zero-order chi connectivity index (χ0) is 20.8. The first-order chi connectivity index (χ1) is 13.2. The maximum atomic E-state index is 12.4. The quantitative estimate of drug-likeness (QED) is 0.570. The molecule has 1 aliphatic heterocycles. The average molecular weight is 409 g/mol. The summed E-state index contributed by atoms with van der Waals surface area (Å²) in [6.07, 6.45) is 0.313. The van der Waals surface area contributed by atoms with E-state index in [1.165, 1.54) is 0 Å². The molecule has 7 nitrogen and oxygen atoms in total. The van der Waals surface area contributed by atoms with Gasteiger partial charge < -0.3 is 15.1 Å². The second kappa shape index (κ2) is 9.41. The summed E-state index contributed by atoms with van der Waals surface area (Å²) in [5.41, 5.74) is 1.09. The lowest BCUT2D eigenvalue weighted by atomic mass is 10.2. The molecule has 0 atom stereocenters. The number of amides is 1. The predicted molar refractivity (Wildman–Crippen MR) is 113 cm³/mol. The normalized spacial score (nSPS) is 18.6. The molecule has 1 N–H and O–H groups in total. The highest BCUT2D eigenvalue weighted by Gasteiger charge is 2.40. The smallest absolute Gasteiger partial charge is 0.224 e. The van der Waals surface area contributed by atoms with Crippen molar-refractivity contribution in [3.63, 3.8) is 0 Å². The van der Waals surface area contributed by atoms with E-state index in [0.717, 1.165) is 5.56 Å². The molecule has 1 heterocycles. The van der Waals surface area contributed by atoms with Gasteiger partial charge in [-0.1, -0.05) is 30.3 Å². The fourth-order valence-corrected chi connectivity index (χ4v) is 4.51. The Kier molecular flexibility index (Phi) is 7.46. The number of benzene rings is 1. The van der Waals surface area contributed by atoms with Gasteiger partial charge in [0, 0.05) is 39.6 Å². The van der Waals surface area contributed by atoms with Gasteiger partial charge >= 0.3 is 0 Å². The lowest BCUT2D eigenvalue weighted by Gasteiger charge is -2.39. The van der Waals surface area contributed by atoms with Gasteiger partial charge in [-0.15, -0.1) is 0 Å². The second-order valence-corrected chi connectivity index (χ2v) is 10.5. The van der Waals surface area contributed by atoms with Crippen molar-refractivity contribution < 1.29 is 13.2 Å². The van der Waals surface area contributed by atoms with Crippen molar-refractivity contribution in [1.82, 2.24) is 15.1 Å². The Morgan fingerprint density at radius 1 is 1.29 bits per heavy atom. The minimum atomic E-state index is -3.10. The summed E-state index contributed by atoms with van der Waals surface area (Å²) in [5.74, 6) is 0.817. The number of hydrogen-bond donors (Lipinski definition) is 1. The van der Waals surface area contributed by atoms with Crippen LogP contribution in [0.2, 0.25) is 0 Å². The van der Waals surface area contributed by atoms with E-state index in [1.807, 2.05) is 42.2 Å². The van der Waals surface area contributed by atoms with Crippen LogP contribution in [0.1, 0.15) is 32.8 Å². The maximum absolute atomic E-state index is 12.4. The van der Waals surface area contributed by atoms with Gasteiger partial charge in [0.2, 0.25) is 5.91 Å². The van der Waals surface area contributed by atoms with Crippen molar-refractivity contribution in [3.8, 4) is 0 Å². The fraction of sp³-hybridized carbons (Fsp3) is 0.600. The summed E-state index contributed by atoms with van der Waals surface area (Å²) >= 11 is 0. The molecule has 1 aliphatic rings. The molecule has 0 saturated carbocycles. The summed E-state index contributed by atoms with van der Waals surface area (Å²) in [5, 5.41) is 3.22. The number of aliphatic imine (C=N–C) groups is 1. The Hall–Kier alpha value is -2.09. The number of rotatable bonds is 6. The lowest BCUT2D eigenvalue weighted by Crippen LogP contribution is -2.57. The molecule has 0 aliphatic carbocycles. The van der Waals surface area contributed by atoms with Crippen molar-refractivity contribution in [2.75, 3.05) is 39.0 Å². The molecule has 0 spiro atoms. The third-order valence-corrected chi connectivity index (χ3v) is 7.49. The van der Waals surface area contributed by atoms with Gasteiger partial charge in [-0.05, 0) is 26.3 Å². The Labute approximate surface area is 168 Å². The van der Waals surface area contributed by atoms with E-state index in [2.05, 4.69) is 10.3 Å². The SMILES string of the molecule is CCNC(=NCCC(=O)N(C)Cc1ccccc1)N1CCS(=O)(=O)C(C)(C)C1.